The smallest absolute Gasteiger partial charge is 0.251 e. The molecule has 0 aliphatic carbocycles. The van der Waals surface area contributed by atoms with Crippen LogP contribution in [0, 0.1) is 0 Å². The number of aromatic nitrogens is 3. The van der Waals surface area contributed by atoms with Crippen LogP contribution in [0.1, 0.15) is 28.7 Å². The minimum absolute atomic E-state index is 0.143. The fourth-order valence-corrected chi connectivity index (χ4v) is 3.35. The number of hydrogen-bond acceptors (Lipinski definition) is 3. The van der Waals surface area contributed by atoms with Crippen LogP contribution in [0.5, 0.6) is 0 Å². The number of carbonyl (C=O) groups is 1. The maximum Gasteiger partial charge on any atom is 0.251 e. The van der Waals surface area contributed by atoms with Crippen molar-refractivity contribution in [2.45, 2.75) is 19.9 Å². The van der Waals surface area contributed by atoms with E-state index in [2.05, 4.69) is 22.2 Å². The number of rotatable bonds is 5. The number of amides is 1. The molecule has 0 aliphatic heterocycles. The monoisotopic (exact) mass is 390 g/mol. The van der Waals surface area contributed by atoms with Crippen molar-refractivity contribution in [2.75, 3.05) is 0 Å². The molecule has 5 nitrogen and oxygen atoms in total. The van der Waals surface area contributed by atoms with Crippen molar-refractivity contribution in [3.05, 3.63) is 88.8 Å². The van der Waals surface area contributed by atoms with Gasteiger partial charge in [-0.3, -0.25) is 9.36 Å². The normalized spacial score (nSPS) is 10.9. The first-order chi connectivity index (χ1) is 13.7. The number of fused-ring (bicyclic) bond motifs is 1. The third-order valence-corrected chi connectivity index (χ3v) is 4.96. The molecule has 4 rings (SSSR count). The first-order valence-electron chi connectivity index (χ1n) is 9.11. The molecule has 0 fully saturated rings. The Labute approximate surface area is 168 Å². The van der Waals surface area contributed by atoms with Gasteiger partial charge in [-0.25, -0.2) is 9.97 Å². The molecule has 140 valence electrons. The molecule has 0 aliphatic rings. The predicted octanol–water partition coefficient (Wildman–Crippen LogP) is 4.57. The largest absolute Gasteiger partial charge is 0.348 e. The van der Waals surface area contributed by atoms with Crippen molar-refractivity contribution >= 4 is 28.7 Å². The van der Waals surface area contributed by atoms with Crippen molar-refractivity contribution in [1.82, 2.24) is 19.9 Å². The van der Waals surface area contributed by atoms with Crippen molar-refractivity contribution in [3.8, 4) is 5.69 Å². The lowest BCUT2D eigenvalue weighted by molar-refractivity contribution is 0.0951. The summed E-state index contributed by atoms with van der Waals surface area (Å²) in [7, 11) is 0. The molecule has 0 saturated carbocycles. The fourth-order valence-electron chi connectivity index (χ4n) is 3.15. The number of carbonyl (C=O) groups excluding carboxylic acids is 1. The van der Waals surface area contributed by atoms with Crippen molar-refractivity contribution < 1.29 is 4.79 Å². The van der Waals surface area contributed by atoms with E-state index >= 15 is 0 Å². The maximum atomic E-state index is 12.5. The van der Waals surface area contributed by atoms with Crippen LogP contribution in [0.4, 0.5) is 0 Å². The zero-order chi connectivity index (χ0) is 19.5. The van der Waals surface area contributed by atoms with Crippen molar-refractivity contribution in [2.24, 2.45) is 0 Å². The second-order valence-corrected chi connectivity index (χ2v) is 6.79. The Morgan fingerprint density at radius 1 is 1.07 bits per heavy atom. The Morgan fingerprint density at radius 3 is 2.61 bits per heavy atom. The Kier molecular flexibility index (Phi) is 5.08. The average Bonchev–Trinajstić information content (AvgIpc) is 3.12. The standard InChI is InChI=1S/C22H19ClN4O/c1-2-20-26-19-8-5-13-24-21(19)27(20)17-11-9-15(10-12-17)22(28)25-14-16-6-3-4-7-18(16)23/h3-13H,2,14H2,1H3,(H,25,28). The molecular weight excluding hydrogens is 372 g/mol. The van der Waals surface area contributed by atoms with Gasteiger partial charge < -0.3 is 5.32 Å². The summed E-state index contributed by atoms with van der Waals surface area (Å²) in [6.45, 7) is 2.45. The van der Waals surface area contributed by atoms with E-state index in [0.717, 1.165) is 34.7 Å². The minimum atomic E-state index is -0.143. The van der Waals surface area contributed by atoms with Gasteiger partial charge in [0.05, 0.1) is 0 Å². The highest BCUT2D eigenvalue weighted by molar-refractivity contribution is 6.31. The van der Waals surface area contributed by atoms with E-state index in [9.17, 15) is 4.79 Å². The second-order valence-electron chi connectivity index (χ2n) is 6.38. The molecule has 28 heavy (non-hydrogen) atoms. The molecule has 2 aromatic carbocycles. The Balaban J connectivity index is 1.56. The van der Waals surface area contributed by atoms with Gasteiger partial charge in [-0.05, 0) is 48.0 Å². The zero-order valence-corrected chi connectivity index (χ0v) is 16.1. The van der Waals surface area contributed by atoms with E-state index in [4.69, 9.17) is 11.6 Å². The molecule has 0 saturated heterocycles. The average molecular weight is 391 g/mol. The van der Waals surface area contributed by atoms with Crippen LogP contribution in [-0.2, 0) is 13.0 Å². The molecular formula is C22H19ClN4O. The summed E-state index contributed by atoms with van der Waals surface area (Å²) in [6.07, 6.45) is 2.55. The highest BCUT2D eigenvalue weighted by Crippen LogP contribution is 2.21. The third-order valence-electron chi connectivity index (χ3n) is 4.59. The van der Waals surface area contributed by atoms with E-state index in [1.165, 1.54) is 0 Å². The number of aryl methyl sites for hydroxylation is 1. The van der Waals surface area contributed by atoms with Crippen molar-refractivity contribution in [1.29, 1.82) is 0 Å². The van der Waals surface area contributed by atoms with Crippen LogP contribution in [-0.4, -0.2) is 20.4 Å². The number of pyridine rings is 1. The summed E-state index contributed by atoms with van der Waals surface area (Å²) in [5.41, 5.74) is 4.08. The topological polar surface area (TPSA) is 59.8 Å². The van der Waals surface area contributed by atoms with Crippen LogP contribution in [0.25, 0.3) is 16.9 Å². The molecule has 2 aromatic heterocycles. The highest BCUT2D eigenvalue weighted by Gasteiger charge is 2.13. The lowest BCUT2D eigenvalue weighted by Gasteiger charge is -2.10. The van der Waals surface area contributed by atoms with Crippen molar-refractivity contribution in [3.63, 3.8) is 0 Å². The molecule has 0 unspecified atom stereocenters. The number of imidazole rings is 1. The van der Waals surface area contributed by atoms with Gasteiger partial charge in [0, 0.05) is 35.4 Å². The van der Waals surface area contributed by atoms with E-state index in [1.54, 1.807) is 6.20 Å². The molecule has 4 aromatic rings. The van der Waals surface area contributed by atoms with Gasteiger partial charge in [0.25, 0.3) is 5.91 Å². The lowest BCUT2D eigenvalue weighted by atomic mass is 10.1. The molecule has 1 amide bonds. The van der Waals surface area contributed by atoms with E-state index in [-0.39, 0.29) is 5.91 Å². The predicted molar refractivity (Wildman–Crippen MR) is 111 cm³/mol. The molecule has 0 atom stereocenters. The van der Waals surface area contributed by atoms with Crippen LogP contribution in [0.2, 0.25) is 5.02 Å². The van der Waals surface area contributed by atoms with Gasteiger partial charge in [-0.15, -0.1) is 0 Å². The van der Waals surface area contributed by atoms with E-state index in [1.807, 2.05) is 65.2 Å². The van der Waals surface area contributed by atoms with E-state index in [0.29, 0.717) is 17.1 Å². The Hall–Kier alpha value is -3.18. The zero-order valence-electron chi connectivity index (χ0n) is 15.4. The minimum Gasteiger partial charge on any atom is -0.348 e. The first-order valence-corrected chi connectivity index (χ1v) is 9.49. The summed E-state index contributed by atoms with van der Waals surface area (Å²) in [5, 5.41) is 3.55. The molecule has 0 spiro atoms. The number of halogens is 1. The van der Waals surface area contributed by atoms with E-state index < -0.39 is 0 Å². The molecule has 0 bridgehead atoms. The quantitative estimate of drug-likeness (QED) is 0.543. The van der Waals surface area contributed by atoms with Gasteiger partial charge >= 0.3 is 0 Å². The summed E-state index contributed by atoms with van der Waals surface area (Å²) >= 11 is 6.14. The number of hydrogen-bond donors (Lipinski definition) is 1. The van der Waals surface area contributed by atoms with Crippen LogP contribution in [0.15, 0.2) is 66.9 Å². The van der Waals surface area contributed by atoms with Gasteiger partial charge in [0.15, 0.2) is 5.65 Å². The van der Waals surface area contributed by atoms with Crippen LogP contribution < -0.4 is 5.32 Å². The number of nitrogens with one attached hydrogen (secondary N) is 1. The Morgan fingerprint density at radius 2 is 1.86 bits per heavy atom. The number of benzene rings is 2. The third kappa shape index (κ3) is 3.49. The SMILES string of the molecule is CCc1nc2cccnc2n1-c1ccc(C(=O)NCc2ccccc2Cl)cc1. The molecule has 2 heterocycles. The summed E-state index contributed by atoms with van der Waals surface area (Å²) in [5.74, 6) is 0.792. The van der Waals surface area contributed by atoms with Gasteiger partial charge in [-0.1, -0.05) is 36.7 Å². The summed E-state index contributed by atoms with van der Waals surface area (Å²) in [4.78, 5) is 21.6. The first kappa shape index (κ1) is 18.2. The van der Waals surface area contributed by atoms with Gasteiger partial charge in [0.1, 0.15) is 11.3 Å². The molecule has 6 heteroatoms. The van der Waals surface area contributed by atoms with Crippen LogP contribution >= 0.6 is 11.6 Å². The lowest BCUT2D eigenvalue weighted by Crippen LogP contribution is -2.22. The fraction of sp³-hybridized carbons (Fsp3) is 0.136. The highest BCUT2D eigenvalue weighted by atomic mass is 35.5. The summed E-state index contributed by atoms with van der Waals surface area (Å²) < 4.78 is 2.03. The molecule has 1 N–H and O–H groups in total. The van der Waals surface area contributed by atoms with Gasteiger partial charge in [-0.2, -0.15) is 0 Å². The summed E-state index contributed by atoms with van der Waals surface area (Å²) in [6, 6.07) is 18.8. The Bertz CT molecular complexity index is 1130. The van der Waals surface area contributed by atoms with Crippen LogP contribution in [0.3, 0.4) is 0 Å². The maximum absolute atomic E-state index is 12.5. The van der Waals surface area contributed by atoms with Gasteiger partial charge in [0.2, 0.25) is 0 Å². The number of nitrogens with zero attached hydrogens (tertiary/aromatic N) is 3. The second kappa shape index (κ2) is 7.82. The molecule has 0 radical (unpaired) electrons.